The van der Waals surface area contributed by atoms with Crippen molar-refractivity contribution in [1.29, 1.82) is 0 Å². The molecule has 7 fully saturated rings. The van der Waals surface area contributed by atoms with Gasteiger partial charge in [0.1, 0.15) is 6.04 Å². The lowest BCUT2D eigenvalue weighted by atomic mass is 9.41. The van der Waals surface area contributed by atoms with E-state index in [9.17, 15) is 19.8 Å². The first kappa shape index (κ1) is 36.0. The number of aromatic amines is 1. The number of hydrogen-bond donors (Lipinski definition) is 4. The number of carbonyl (C=O) groups is 2. The van der Waals surface area contributed by atoms with Crippen LogP contribution in [0, 0.1) is 50.7 Å². The number of imidazole rings is 1. The quantitative estimate of drug-likeness (QED) is 0.284. The molecule has 5 aliphatic carbocycles. The average molecular weight is 711 g/mol. The van der Waals surface area contributed by atoms with Gasteiger partial charge in [-0.05, 0) is 104 Å². The van der Waals surface area contributed by atoms with Crippen LogP contribution in [0.1, 0.15) is 105 Å². The summed E-state index contributed by atoms with van der Waals surface area (Å²) in [6.45, 7) is 16.8. The smallest absolute Gasteiger partial charge is 0.326 e. The molecule has 2 saturated heterocycles. The third kappa shape index (κ3) is 5.32. The lowest BCUT2D eigenvalue weighted by Gasteiger charge is -2.64. The van der Waals surface area contributed by atoms with Crippen molar-refractivity contribution < 1.29 is 34.0 Å². The van der Waals surface area contributed by atoms with Crippen molar-refractivity contribution in [3.05, 3.63) is 18.2 Å². The molecule has 1 aromatic rings. The van der Waals surface area contributed by atoms with E-state index in [1.807, 2.05) is 0 Å². The molecule has 0 aromatic carbocycles. The van der Waals surface area contributed by atoms with E-state index in [4.69, 9.17) is 14.2 Å². The highest BCUT2D eigenvalue weighted by molar-refractivity contribution is 5.83. The molecule has 7 aliphatic rings. The number of amides is 1. The number of aliphatic hydroxyl groups is 1. The molecule has 51 heavy (non-hydrogen) atoms. The zero-order chi connectivity index (χ0) is 36.1. The molecule has 0 radical (unpaired) electrons. The fourth-order valence-electron chi connectivity index (χ4n) is 14.3. The predicted octanol–water partition coefficient (Wildman–Crippen LogP) is 4.79. The number of carboxylic acid groups (broad SMARTS) is 1. The van der Waals surface area contributed by atoms with Crippen LogP contribution in [-0.4, -0.2) is 99.9 Å². The summed E-state index contributed by atoms with van der Waals surface area (Å²) in [6.07, 6.45) is 12.4. The van der Waals surface area contributed by atoms with E-state index in [1.165, 1.54) is 44.9 Å². The number of aliphatic hydroxyl groups excluding tert-OH is 1. The van der Waals surface area contributed by atoms with Gasteiger partial charge >= 0.3 is 5.97 Å². The number of aliphatic carboxylic acids is 1. The summed E-state index contributed by atoms with van der Waals surface area (Å²) in [5.74, 6) is 0.764. The number of carbonyl (C=O) groups excluding carboxylic acids is 1. The topological polar surface area (TPSA) is 146 Å². The van der Waals surface area contributed by atoms with Gasteiger partial charge in [-0.15, -0.1) is 0 Å². The first-order valence-electron chi connectivity index (χ1n) is 20.0. The summed E-state index contributed by atoms with van der Waals surface area (Å²) in [4.78, 5) is 33.6. The molecular formula is C40H62N4O7. The van der Waals surface area contributed by atoms with Crippen LogP contribution in [0.15, 0.2) is 12.5 Å². The standard InChI is InChI=1S/C40H62N4O7/c1-23-17-24(2)50-33-32(23)37(5)12-13-40-21-39(40)11-9-29(36(3,4)27(39)7-8-28(40)38(37,6)34(33)46)51-31-20-44(15-16-49-31)14-10-30(45)43-26(35(47)48)18-25-19-41-22-42-25/h19,22-24,26-29,31-34,46H,7-18,20-21H2,1-6H3,(H,41,42)(H,43,45)(H,47,48)/t23-,24?,26?,27+,28?,29?,31?,32+,33?,34+,37?,38-,39?,40?/m1/s1. The Labute approximate surface area is 303 Å². The highest BCUT2D eigenvalue weighted by Crippen LogP contribution is 2.89. The monoisotopic (exact) mass is 710 g/mol. The number of fused-ring (bicyclic) bond motifs is 4. The lowest BCUT2D eigenvalue weighted by Crippen LogP contribution is -2.60. The van der Waals surface area contributed by atoms with Gasteiger partial charge in [0.25, 0.3) is 0 Å². The summed E-state index contributed by atoms with van der Waals surface area (Å²) in [7, 11) is 0. The number of aromatic nitrogens is 2. The molecule has 4 N–H and O–H groups in total. The third-order valence-electron chi connectivity index (χ3n) is 16.6. The van der Waals surface area contributed by atoms with Crippen LogP contribution in [0.2, 0.25) is 0 Å². The van der Waals surface area contributed by atoms with E-state index in [0.717, 1.165) is 12.8 Å². The Morgan fingerprint density at radius 2 is 1.88 bits per heavy atom. The third-order valence-corrected chi connectivity index (χ3v) is 16.6. The summed E-state index contributed by atoms with van der Waals surface area (Å²) in [6, 6.07) is -1.01. The molecular weight excluding hydrogens is 648 g/mol. The van der Waals surface area contributed by atoms with Crippen molar-refractivity contribution in [1.82, 2.24) is 20.2 Å². The Hall–Kier alpha value is -2.05. The molecule has 8 rings (SSSR count). The second kappa shape index (κ2) is 12.5. The number of carboxylic acids is 1. The van der Waals surface area contributed by atoms with Gasteiger partial charge in [-0.25, -0.2) is 9.78 Å². The Morgan fingerprint density at radius 3 is 2.63 bits per heavy atom. The van der Waals surface area contributed by atoms with Crippen LogP contribution in [0.3, 0.4) is 0 Å². The van der Waals surface area contributed by atoms with E-state index in [-0.39, 0.29) is 59.6 Å². The molecule has 11 heteroatoms. The maximum absolute atomic E-state index is 12.8. The SMILES string of the molecule is CC1C[C@@H](C)[C@H]2C(O1)[C@H](O)[C@@]1(C)C3CC[C@H]4C(C)(C)C(OC5CN(CCC(=O)NC(Cc6cnc[nH]6)C(=O)O)CCO5)CCC45CC35CCC21C. The molecule has 1 amide bonds. The summed E-state index contributed by atoms with van der Waals surface area (Å²) in [5, 5.41) is 24.6. The van der Waals surface area contributed by atoms with Crippen molar-refractivity contribution in [2.24, 2.45) is 50.7 Å². The van der Waals surface area contributed by atoms with E-state index >= 15 is 0 Å². The summed E-state index contributed by atoms with van der Waals surface area (Å²) < 4.78 is 19.7. The molecule has 5 saturated carbocycles. The second-order valence-corrected chi connectivity index (χ2v) is 19.0. The first-order chi connectivity index (χ1) is 24.2. The van der Waals surface area contributed by atoms with Crippen molar-refractivity contribution in [3.63, 3.8) is 0 Å². The van der Waals surface area contributed by atoms with E-state index in [0.29, 0.717) is 66.4 Å². The molecule has 1 aromatic heterocycles. The highest BCUT2D eigenvalue weighted by Gasteiger charge is 2.84. The van der Waals surface area contributed by atoms with Gasteiger partial charge in [0, 0.05) is 49.8 Å². The lowest BCUT2D eigenvalue weighted by molar-refractivity contribution is -0.248. The van der Waals surface area contributed by atoms with Crippen LogP contribution >= 0.6 is 0 Å². The molecule has 284 valence electrons. The van der Waals surface area contributed by atoms with Crippen molar-refractivity contribution in [2.75, 3.05) is 26.2 Å². The minimum atomic E-state index is -1.07. The first-order valence-corrected chi connectivity index (χ1v) is 20.0. The maximum atomic E-state index is 12.8. The highest BCUT2D eigenvalue weighted by atomic mass is 16.7. The molecule has 0 bridgehead atoms. The minimum absolute atomic E-state index is 0.00423. The Bertz CT molecular complexity index is 1490. The zero-order valence-corrected chi connectivity index (χ0v) is 31.7. The van der Waals surface area contributed by atoms with Crippen molar-refractivity contribution in [2.45, 2.75) is 142 Å². The summed E-state index contributed by atoms with van der Waals surface area (Å²) in [5.41, 5.74) is 1.27. The number of H-pyrrole nitrogens is 1. The van der Waals surface area contributed by atoms with E-state index < -0.39 is 18.1 Å². The number of nitrogens with one attached hydrogen (secondary N) is 2. The van der Waals surface area contributed by atoms with Gasteiger partial charge < -0.3 is 34.7 Å². The molecule has 2 spiro atoms. The number of hydrogen-bond acceptors (Lipinski definition) is 8. The predicted molar refractivity (Wildman–Crippen MR) is 189 cm³/mol. The van der Waals surface area contributed by atoms with Crippen molar-refractivity contribution in [3.8, 4) is 0 Å². The van der Waals surface area contributed by atoms with E-state index in [1.54, 1.807) is 6.20 Å². The fourth-order valence-corrected chi connectivity index (χ4v) is 14.3. The molecule has 14 atom stereocenters. The Morgan fingerprint density at radius 1 is 1.12 bits per heavy atom. The van der Waals surface area contributed by atoms with Crippen LogP contribution < -0.4 is 5.32 Å². The largest absolute Gasteiger partial charge is 0.480 e. The van der Waals surface area contributed by atoms with Crippen LogP contribution in [-0.2, 0) is 30.2 Å². The Balaban J connectivity index is 0.900. The van der Waals surface area contributed by atoms with Gasteiger partial charge in [-0.1, -0.05) is 34.6 Å². The van der Waals surface area contributed by atoms with Crippen molar-refractivity contribution >= 4 is 11.9 Å². The fraction of sp³-hybridized carbons (Fsp3) is 0.875. The molecule has 2 aliphatic heterocycles. The van der Waals surface area contributed by atoms with Crippen LogP contribution in [0.4, 0.5) is 0 Å². The number of nitrogens with zero attached hydrogens (tertiary/aromatic N) is 2. The number of ether oxygens (including phenoxy) is 3. The molecule has 9 unspecified atom stereocenters. The van der Waals surface area contributed by atoms with E-state index in [2.05, 4.69) is 61.7 Å². The van der Waals surface area contributed by atoms with Crippen LogP contribution in [0.5, 0.6) is 0 Å². The van der Waals surface area contributed by atoms with Gasteiger partial charge in [-0.2, -0.15) is 0 Å². The summed E-state index contributed by atoms with van der Waals surface area (Å²) >= 11 is 0. The van der Waals surface area contributed by atoms with Gasteiger partial charge in [0.2, 0.25) is 5.91 Å². The van der Waals surface area contributed by atoms with Crippen LogP contribution in [0.25, 0.3) is 0 Å². The average Bonchev–Trinajstić information content (AvgIpc) is 3.36. The van der Waals surface area contributed by atoms with Gasteiger partial charge in [0.15, 0.2) is 6.29 Å². The van der Waals surface area contributed by atoms with Gasteiger partial charge in [-0.3, -0.25) is 9.69 Å². The van der Waals surface area contributed by atoms with Gasteiger partial charge in [0.05, 0.1) is 37.4 Å². The normalized spacial score (nSPS) is 47.5. The Kier molecular flexibility index (Phi) is 8.81. The zero-order valence-electron chi connectivity index (χ0n) is 31.7. The number of rotatable bonds is 9. The number of morpholine rings is 1. The minimum Gasteiger partial charge on any atom is -0.480 e. The maximum Gasteiger partial charge on any atom is 0.326 e. The molecule has 3 heterocycles. The molecule has 11 nitrogen and oxygen atoms in total. The second-order valence-electron chi connectivity index (χ2n) is 19.0.